The molecule has 4 aromatic rings. The number of amides is 4. The molecule has 0 fully saturated rings. The van der Waals surface area contributed by atoms with E-state index >= 15 is 0 Å². The van der Waals surface area contributed by atoms with Crippen molar-refractivity contribution >= 4 is 45.9 Å². The van der Waals surface area contributed by atoms with Gasteiger partial charge in [0.05, 0.1) is 29.8 Å². The van der Waals surface area contributed by atoms with Gasteiger partial charge in [-0.3, -0.25) is 14.4 Å². The number of thiazole rings is 1. The monoisotopic (exact) mass is 743 g/mol. The minimum atomic E-state index is -1.16. The predicted molar refractivity (Wildman–Crippen MR) is 208 cm³/mol. The normalized spacial score (nSPS) is 14.6. The number of hydrogen-bond donors (Lipinski definition) is 5. The summed E-state index contributed by atoms with van der Waals surface area (Å²) in [5.74, 6) is -1.29. The number of aliphatic hydroxyl groups excluding tert-OH is 1. The maximum absolute atomic E-state index is 14.3. The number of rotatable bonds is 19. The fraction of sp³-hybridized carbons (Fsp3) is 0.439. The van der Waals surface area contributed by atoms with Crippen LogP contribution in [0.1, 0.15) is 68.7 Å². The van der Waals surface area contributed by atoms with Gasteiger partial charge in [0.1, 0.15) is 18.7 Å². The van der Waals surface area contributed by atoms with Crippen LogP contribution in [0.25, 0.3) is 10.8 Å². The molecule has 53 heavy (non-hydrogen) atoms. The summed E-state index contributed by atoms with van der Waals surface area (Å²) in [5.41, 5.74) is 4.03. The molecule has 6 atom stereocenters. The molecule has 1 aromatic heterocycles. The quantitative estimate of drug-likeness (QED) is 0.0835. The van der Waals surface area contributed by atoms with Gasteiger partial charge in [0.25, 0.3) is 0 Å². The van der Waals surface area contributed by atoms with E-state index in [9.17, 15) is 24.3 Å². The van der Waals surface area contributed by atoms with Gasteiger partial charge in [0.15, 0.2) is 0 Å². The van der Waals surface area contributed by atoms with E-state index in [0.717, 1.165) is 38.9 Å². The molecule has 12 heteroatoms. The Morgan fingerprint density at radius 1 is 0.830 bits per heavy atom. The van der Waals surface area contributed by atoms with Crippen LogP contribution in [0.4, 0.5) is 4.79 Å². The van der Waals surface area contributed by atoms with Crippen molar-refractivity contribution in [2.24, 2.45) is 11.8 Å². The number of nitrogens with one attached hydrogen (secondary N) is 4. The SMILES string of the molecule is CCC(C)CNC(=O)C[C@H](O)[C@@H](NC(=O)C(Cc1scnc1C)NC(=O)[C@H](Cc1cccc2ccccc12)NC(=O)OCc1ccccc1)C(C)CC. The maximum atomic E-state index is 14.3. The van der Waals surface area contributed by atoms with Gasteiger partial charge in [-0.1, -0.05) is 113 Å². The van der Waals surface area contributed by atoms with Crippen LogP contribution in [-0.4, -0.2) is 64.7 Å². The number of benzene rings is 3. The lowest BCUT2D eigenvalue weighted by Crippen LogP contribution is -2.58. The highest BCUT2D eigenvalue weighted by molar-refractivity contribution is 7.09. The molecule has 0 aliphatic rings. The summed E-state index contributed by atoms with van der Waals surface area (Å²) in [5, 5.41) is 24.7. The lowest BCUT2D eigenvalue weighted by atomic mass is 9.91. The number of alkyl carbamates (subject to hydrolysis) is 1. The van der Waals surface area contributed by atoms with Gasteiger partial charge < -0.3 is 31.1 Å². The first-order valence-corrected chi connectivity index (χ1v) is 19.2. The minimum absolute atomic E-state index is 0.0138. The largest absolute Gasteiger partial charge is 0.445 e. The highest BCUT2D eigenvalue weighted by atomic mass is 32.1. The molecule has 0 bridgehead atoms. The molecule has 3 unspecified atom stereocenters. The molecule has 4 rings (SSSR count). The molecule has 11 nitrogen and oxygen atoms in total. The molecule has 4 amide bonds. The third-order valence-electron chi connectivity index (χ3n) is 9.71. The molecule has 3 aromatic carbocycles. The molecular weight excluding hydrogens is 691 g/mol. The Morgan fingerprint density at radius 3 is 2.21 bits per heavy atom. The number of carbonyl (C=O) groups excluding carboxylic acids is 4. The Hall–Kier alpha value is -4.81. The minimum Gasteiger partial charge on any atom is -0.445 e. The van der Waals surface area contributed by atoms with E-state index in [0.29, 0.717) is 18.9 Å². The third-order valence-corrected chi connectivity index (χ3v) is 10.7. The van der Waals surface area contributed by atoms with Crippen molar-refractivity contribution in [3.8, 4) is 0 Å². The van der Waals surface area contributed by atoms with Gasteiger partial charge in [0.2, 0.25) is 17.7 Å². The topological polar surface area (TPSA) is 159 Å². The number of fused-ring (bicyclic) bond motifs is 1. The molecule has 0 radical (unpaired) electrons. The van der Waals surface area contributed by atoms with Crippen molar-refractivity contribution in [1.82, 2.24) is 26.3 Å². The number of ether oxygens (including phenoxy) is 1. The number of aliphatic hydroxyl groups is 1. The average Bonchev–Trinajstić information content (AvgIpc) is 3.57. The van der Waals surface area contributed by atoms with Gasteiger partial charge >= 0.3 is 6.09 Å². The van der Waals surface area contributed by atoms with Crippen molar-refractivity contribution in [2.45, 2.75) is 97.6 Å². The average molecular weight is 744 g/mol. The summed E-state index contributed by atoms with van der Waals surface area (Å²) in [7, 11) is 0. The maximum Gasteiger partial charge on any atom is 0.408 e. The van der Waals surface area contributed by atoms with E-state index in [-0.39, 0.29) is 37.7 Å². The highest BCUT2D eigenvalue weighted by Crippen LogP contribution is 2.21. The van der Waals surface area contributed by atoms with E-state index in [1.807, 2.05) is 107 Å². The highest BCUT2D eigenvalue weighted by Gasteiger charge is 2.33. The summed E-state index contributed by atoms with van der Waals surface area (Å²) < 4.78 is 5.50. The summed E-state index contributed by atoms with van der Waals surface area (Å²) in [4.78, 5) is 59.4. The Morgan fingerprint density at radius 2 is 1.51 bits per heavy atom. The zero-order valence-electron chi connectivity index (χ0n) is 31.3. The first-order chi connectivity index (χ1) is 25.5. The van der Waals surface area contributed by atoms with Crippen molar-refractivity contribution in [3.63, 3.8) is 0 Å². The van der Waals surface area contributed by atoms with E-state index in [1.165, 1.54) is 11.3 Å². The van der Waals surface area contributed by atoms with Crippen molar-refractivity contribution in [2.75, 3.05) is 6.54 Å². The van der Waals surface area contributed by atoms with Crippen LogP contribution in [0.3, 0.4) is 0 Å². The standard InChI is InChI=1S/C41H53N5O6S/c1-6-26(3)23-42-37(48)22-35(47)38(27(4)7-2)46-40(50)34(21-36-28(5)43-25-53-36)44-39(49)33(45-41(51)52-24-29-14-9-8-10-15-29)20-31-18-13-17-30-16-11-12-19-32(30)31/h8-19,25-27,33-35,38,47H,6-7,20-24H2,1-5H3,(H,42,48)(H,44,49)(H,45,51)(H,46,50)/t26?,27?,33-,34?,35-,38-/m0/s1. The summed E-state index contributed by atoms with van der Waals surface area (Å²) in [6.07, 6.45) is -0.322. The molecule has 0 saturated heterocycles. The van der Waals surface area contributed by atoms with E-state index in [4.69, 9.17) is 4.74 Å². The summed E-state index contributed by atoms with van der Waals surface area (Å²) in [6, 6.07) is 19.8. The second kappa shape index (κ2) is 20.4. The van der Waals surface area contributed by atoms with Crippen LogP contribution >= 0.6 is 11.3 Å². The van der Waals surface area contributed by atoms with Crippen LogP contribution in [0.2, 0.25) is 0 Å². The number of aromatic nitrogens is 1. The summed E-state index contributed by atoms with van der Waals surface area (Å²) in [6.45, 7) is 10.3. The first-order valence-electron chi connectivity index (χ1n) is 18.4. The van der Waals surface area contributed by atoms with Gasteiger partial charge in [0, 0.05) is 24.3 Å². The molecule has 284 valence electrons. The second-order valence-electron chi connectivity index (χ2n) is 13.7. The molecule has 0 saturated carbocycles. The Balaban J connectivity index is 1.58. The van der Waals surface area contributed by atoms with Gasteiger partial charge in [-0.25, -0.2) is 9.78 Å². The van der Waals surface area contributed by atoms with Crippen molar-refractivity contribution in [3.05, 3.63) is 100 Å². The molecule has 0 aliphatic heterocycles. The first kappa shape index (κ1) is 41.0. The Kier molecular flexibility index (Phi) is 15.8. The smallest absolute Gasteiger partial charge is 0.408 e. The molecule has 0 aliphatic carbocycles. The zero-order chi connectivity index (χ0) is 38.3. The number of hydrogen-bond acceptors (Lipinski definition) is 8. The Labute approximate surface area is 316 Å². The van der Waals surface area contributed by atoms with E-state index < -0.39 is 42.1 Å². The van der Waals surface area contributed by atoms with Crippen LogP contribution in [-0.2, 0) is 38.6 Å². The fourth-order valence-electron chi connectivity index (χ4n) is 5.95. The number of carbonyl (C=O) groups is 4. The van der Waals surface area contributed by atoms with Crippen LogP contribution < -0.4 is 21.3 Å². The molecule has 0 spiro atoms. The van der Waals surface area contributed by atoms with Crippen molar-refractivity contribution < 1.29 is 29.0 Å². The Bertz CT molecular complexity index is 1790. The van der Waals surface area contributed by atoms with E-state index in [2.05, 4.69) is 26.3 Å². The third kappa shape index (κ3) is 12.4. The zero-order valence-corrected chi connectivity index (χ0v) is 32.1. The van der Waals surface area contributed by atoms with Crippen molar-refractivity contribution in [1.29, 1.82) is 0 Å². The second-order valence-corrected chi connectivity index (χ2v) is 14.7. The lowest BCUT2D eigenvalue weighted by molar-refractivity contribution is -0.131. The van der Waals surface area contributed by atoms with Gasteiger partial charge in [-0.2, -0.15) is 0 Å². The summed E-state index contributed by atoms with van der Waals surface area (Å²) >= 11 is 1.37. The molecular formula is C41H53N5O6S. The van der Waals surface area contributed by atoms with Gasteiger partial charge in [-0.15, -0.1) is 11.3 Å². The predicted octanol–water partition coefficient (Wildman–Crippen LogP) is 5.61. The lowest BCUT2D eigenvalue weighted by Gasteiger charge is -2.31. The fourth-order valence-corrected chi connectivity index (χ4v) is 6.78. The van der Waals surface area contributed by atoms with Gasteiger partial charge in [-0.05, 0) is 40.7 Å². The number of aryl methyl sites for hydroxylation is 1. The molecule has 1 heterocycles. The van der Waals surface area contributed by atoms with Crippen LogP contribution in [0.5, 0.6) is 0 Å². The van der Waals surface area contributed by atoms with Crippen LogP contribution in [0.15, 0.2) is 78.3 Å². The van der Waals surface area contributed by atoms with E-state index in [1.54, 1.807) is 5.51 Å². The number of nitrogens with zero attached hydrogens (tertiary/aromatic N) is 1. The van der Waals surface area contributed by atoms with Crippen LogP contribution in [0, 0.1) is 18.8 Å². The molecule has 5 N–H and O–H groups in total.